The van der Waals surface area contributed by atoms with Crippen LogP contribution in [0, 0.1) is 20.8 Å². The number of aromatic carboxylic acids is 1. The number of aryl methyl sites for hydroxylation is 3. The third-order valence-electron chi connectivity index (χ3n) is 4.84. The Labute approximate surface area is 168 Å². The summed E-state index contributed by atoms with van der Waals surface area (Å²) in [7, 11) is 0. The van der Waals surface area contributed by atoms with Crippen molar-refractivity contribution in [3.8, 4) is 11.1 Å². The van der Waals surface area contributed by atoms with E-state index in [9.17, 15) is 9.90 Å². The molecule has 2 aromatic heterocycles. The summed E-state index contributed by atoms with van der Waals surface area (Å²) in [6.07, 6.45) is 3.52. The maximum absolute atomic E-state index is 11.3. The molecular formula is C23H20N4O2. The normalized spacial score (nSPS) is 10.9. The molecule has 0 unspecified atom stereocenters. The molecule has 0 fully saturated rings. The van der Waals surface area contributed by atoms with Crippen molar-refractivity contribution >= 4 is 28.5 Å². The maximum atomic E-state index is 11.3. The Morgan fingerprint density at radius 2 is 1.76 bits per heavy atom. The highest BCUT2D eigenvalue weighted by atomic mass is 16.4. The predicted molar refractivity (Wildman–Crippen MR) is 114 cm³/mol. The summed E-state index contributed by atoms with van der Waals surface area (Å²) in [5.41, 5.74) is 6.73. The van der Waals surface area contributed by atoms with Crippen LogP contribution >= 0.6 is 0 Å². The number of nitrogens with one attached hydrogen (secondary N) is 1. The molecule has 4 aromatic rings. The number of hydrogen-bond donors (Lipinski definition) is 2. The van der Waals surface area contributed by atoms with Crippen LogP contribution in [-0.4, -0.2) is 26.0 Å². The molecule has 0 saturated heterocycles. The molecule has 0 radical (unpaired) electrons. The number of pyridine rings is 1. The Kier molecular flexibility index (Phi) is 4.68. The summed E-state index contributed by atoms with van der Waals surface area (Å²) < 4.78 is 0. The fraction of sp³-hybridized carbons (Fsp3) is 0.130. The first-order valence-electron chi connectivity index (χ1n) is 9.22. The summed E-state index contributed by atoms with van der Waals surface area (Å²) in [5.74, 6) is -0.434. The number of rotatable bonds is 4. The van der Waals surface area contributed by atoms with Crippen molar-refractivity contribution in [3.63, 3.8) is 0 Å². The number of anilines is 2. The standard InChI is InChI=1S/C23H20N4O2/c1-13-4-6-16(22(28)29)10-20(13)17-8-14(2)21-18(9-17)11-25-23(27-21)26-19-7-5-15(3)24-12-19/h4-12H,1-3H3,(H,28,29)(H,25,26,27). The zero-order valence-electron chi connectivity index (χ0n) is 16.4. The third-order valence-corrected chi connectivity index (χ3v) is 4.84. The molecule has 0 amide bonds. The van der Waals surface area contributed by atoms with E-state index in [4.69, 9.17) is 0 Å². The minimum absolute atomic E-state index is 0.269. The molecule has 2 heterocycles. The van der Waals surface area contributed by atoms with Gasteiger partial charge in [0.05, 0.1) is 23.0 Å². The second-order valence-corrected chi connectivity index (χ2v) is 7.07. The summed E-state index contributed by atoms with van der Waals surface area (Å²) >= 11 is 0. The number of fused-ring (bicyclic) bond motifs is 1. The quantitative estimate of drug-likeness (QED) is 0.511. The highest BCUT2D eigenvalue weighted by Crippen LogP contribution is 2.30. The Hall–Kier alpha value is -3.80. The van der Waals surface area contributed by atoms with Crippen molar-refractivity contribution in [1.29, 1.82) is 0 Å². The summed E-state index contributed by atoms with van der Waals surface area (Å²) in [6.45, 7) is 5.90. The van der Waals surface area contributed by atoms with Crippen LogP contribution in [0.4, 0.5) is 11.6 Å². The molecule has 0 bridgehead atoms. The molecule has 0 aliphatic rings. The number of benzene rings is 2. The van der Waals surface area contributed by atoms with E-state index in [1.807, 2.05) is 51.1 Å². The number of carboxylic acids is 1. The van der Waals surface area contributed by atoms with Crippen molar-refractivity contribution in [1.82, 2.24) is 15.0 Å². The molecule has 4 rings (SSSR count). The van der Waals surface area contributed by atoms with Gasteiger partial charge in [-0.2, -0.15) is 0 Å². The highest BCUT2D eigenvalue weighted by Gasteiger charge is 2.11. The van der Waals surface area contributed by atoms with Crippen LogP contribution in [0.15, 0.2) is 54.9 Å². The SMILES string of the molecule is Cc1ccc(Nc2ncc3cc(-c4cc(C(=O)O)ccc4C)cc(C)c3n2)cn1. The number of aromatic nitrogens is 3. The van der Waals surface area contributed by atoms with Gasteiger partial charge in [0.15, 0.2) is 0 Å². The molecule has 144 valence electrons. The molecule has 0 aliphatic carbocycles. The van der Waals surface area contributed by atoms with Gasteiger partial charge in [-0.05, 0) is 79.4 Å². The number of hydrogen-bond acceptors (Lipinski definition) is 5. The number of carbonyl (C=O) groups is 1. The van der Waals surface area contributed by atoms with Gasteiger partial charge < -0.3 is 10.4 Å². The first kappa shape index (κ1) is 18.6. The van der Waals surface area contributed by atoms with E-state index < -0.39 is 5.97 Å². The van der Waals surface area contributed by atoms with Crippen LogP contribution < -0.4 is 5.32 Å². The lowest BCUT2D eigenvalue weighted by molar-refractivity contribution is 0.0697. The fourth-order valence-corrected chi connectivity index (χ4v) is 3.28. The molecule has 0 atom stereocenters. The zero-order chi connectivity index (χ0) is 20.5. The first-order valence-corrected chi connectivity index (χ1v) is 9.22. The van der Waals surface area contributed by atoms with Gasteiger partial charge in [-0.1, -0.05) is 6.07 Å². The van der Waals surface area contributed by atoms with Crippen molar-refractivity contribution in [2.75, 3.05) is 5.32 Å². The zero-order valence-corrected chi connectivity index (χ0v) is 16.4. The molecule has 0 aliphatic heterocycles. The van der Waals surface area contributed by atoms with Crippen LogP contribution in [0.5, 0.6) is 0 Å². The summed E-state index contributed by atoms with van der Waals surface area (Å²) in [4.78, 5) is 24.7. The molecule has 0 spiro atoms. The number of nitrogens with zero attached hydrogens (tertiary/aromatic N) is 3. The molecule has 29 heavy (non-hydrogen) atoms. The second-order valence-electron chi connectivity index (χ2n) is 7.07. The van der Waals surface area contributed by atoms with E-state index in [0.717, 1.165) is 44.5 Å². The minimum Gasteiger partial charge on any atom is -0.478 e. The minimum atomic E-state index is -0.937. The molecular weight excluding hydrogens is 364 g/mol. The average Bonchev–Trinajstić information content (AvgIpc) is 2.70. The predicted octanol–water partition coefficient (Wildman–Crippen LogP) is 5.06. The van der Waals surface area contributed by atoms with Gasteiger partial charge in [-0.3, -0.25) is 4.98 Å². The average molecular weight is 384 g/mol. The van der Waals surface area contributed by atoms with Crippen LogP contribution in [0.25, 0.3) is 22.0 Å². The Morgan fingerprint density at radius 1 is 0.931 bits per heavy atom. The third kappa shape index (κ3) is 3.78. The van der Waals surface area contributed by atoms with E-state index in [-0.39, 0.29) is 5.56 Å². The molecule has 2 N–H and O–H groups in total. The smallest absolute Gasteiger partial charge is 0.335 e. The van der Waals surface area contributed by atoms with Crippen LogP contribution in [-0.2, 0) is 0 Å². The van der Waals surface area contributed by atoms with Crippen molar-refractivity contribution in [2.45, 2.75) is 20.8 Å². The lowest BCUT2D eigenvalue weighted by Gasteiger charge is -2.12. The largest absolute Gasteiger partial charge is 0.478 e. The van der Waals surface area contributed by atoms with Crippen LogP contribution in [0.2, 0.25) is 0 Å². The van der Waals surface area contributed by atoms with Gasteiger partial charge in [0.1, 0.15) is 0 Å². The lowest BCUT2D eigenvalue weighted by atomic mass is 9.95. The first-order chi connectivity index (χ1) is 13.9. The van der Waals surface area contributed by atoms with Gasteiger partial charge in [-0.15, -0.1) is 0 Å². The van der Waals surface area contributed by atoms with Crippen LogP contribution in [0.1, 0.15) is 27.2 Å². The second kappa shape index (κ2) is 7.31. The van der Waals surface area contributed by atoms with E-state index in [2.05, 4.69) is 20.3 Å². The fourth-order valence-electron chi connectivity index (χ4n) is 3.28. The maximum Gasteiger partial charge on any atom is 0.335 e. The number of carboxylic acid groups (broad SMARTS) is 1. The highest BCUT2D eigenvalue weighted by molar-refractivity contribution is 5.92. The van der Waals surface area contributed by atoms with Crippen LogP contribution in [0.3, 0.4) is 0 Å². The van der Waals surface area contributed by atoms with Gasteiger partial charge in [0, 0.05) is 17.3 Å². The topological polar surface area (TPSA) is 88.0 Å². The van der Waals surface area contributed by atoms with E-state index in [1.54, 1.807) is 24.5 Å². The van der Waals surface area contributed by atoms with E-state index in [1.165, 1.54) is 0 Å². The molecule has 6 heteroatoms. The van der Waals surface area contributed by atoms with E-state index in [0.29, 0.717) is 5.95 Å². The molecule has 0 saturated carbocycles. The Balaban J connectivity index is 1.74. The van der Waals surface area contributed by atoms with Gasteiger partial charge in [0.2, 0.25) is 5.95 Å². The monoisotopic (exact) mass is 384 g/mol. The summed E-state index contributed by atoms with van der Waals surface area (Å²) in [6, 6.07) is 13.0. The molecule has 2 aromatic carbocycles. The van der Waals surface area contributed by atoms with E-state index >= 15 is 0 Å². The summed E-state index contributed by atoms with van der Waals surface area (Å²) in [5, 5.41) is 13.4. The Bertz CT molecular complexity index is 1230. The van der Waals surface area contributed by atoms with Gasteiger partial charge in [0.25, 0.3) is 0 Å². The van der Waals surface area contributed by atoms with Gasteiger partial charge >= 0.3 is 5.97 Å². The molecule has 6 nitrogen and oxygen atoms in total. The van der Waals surface area contributed by atoms with Crippen molar-refractivity contribution in [2.24, 2.45) is 0 Å². The van der Waals surface area contributed by atoms with Crippen molar-refractivity contribution < 1.29 is 9.90 Å². The van der Waals surface area contributed by atoms with Gasteiger partial charge in [-0.25, -0.2) is 14.8 Å². The Morgan fingerprint density at radius 3 is 2.48 bits per heavy atom. The lowest BCUT2D eigenvalue weighted by Crippen LogP contribution is -2.00. The van der Waals surface area contributed by atoms with Crippen molar-refractivity contribution in [3.05, 3.63) is 77.2 Å².